The van der Waals surface area contributed by atoms with Crippen LogP contribution >= 0.6 is 0 Å². The Labute approximate surface area is 162 Å². The van der Waals surface area contributed by atoms with Crippen LogP contribution in [-0.4, -0.2) is 55.8 Å². The molecule has 0 fully saturated rings. The minimum absolute atomic E-state index is 0.0574. The zero-order chi connectivity index (χ0) is 20.2. The molecule has 6 nitrogen and oxygen atoms in total. The van der Waals surface area contributed by atoms with Gasteiger partial charge in [-0.3, -0.25) is 9.59 Å². The summed E-state index contributed by atoms with van der Waals surface area (Å²) < 4.78 is 16.2. The van der Waals surface area contributed by atoms with Crippen molar-refractivity contribution < 1.29 is 23.8 Å². The van der Waals surface area contributed by atoms with Gasteiger partial charge in [0, 0.05) is 19.7 Å². The molecule has 1 amide bonds. The molecule has 152 valence electrons. The Morgan fingerprint density at radius 2 is 1.89 bits per heavy atom. The minimum atomic E-state index is -0.302. The molecule has 0 aliphatic carbocycles. The second-order valence-corrected chi connectivity index (χ2v) is 6.70. The summed E-state index contributed by atoms with van der Waals surface area (Å²) in [7, 11) is 0. The molecule has 0 aliphatic heterocycles. The predicted molar refractivity (Wildman–Crippen MR) is 105 cm³/mol. The Bertz CT molecular complexity index is 600. The van der Waals surface area contributed by atoms with Gasteiger partial charge in [-0.2, -0.15) is 0 Å². The first kappa shape index (κ1) is 23.0. The van der Waals surface area contributed by atoms with Crippen molar-refractivity contribution in [3.8, 4) is 5.75 Å². The normalized spacial score (nSPS) is 10.7. The Morgan fingerprint density at radius 3 is 2.56 bits per heavy atom. The van der Waals surface area contributed by atoms with Crippen LogP contribution in [0.15, 0.2) is 18.2 Å². The third kappa shape index (κ3) is 8.91. The number of ether oxygens (including phenoxy) is 3. The van der Waals surface area contributed by atoms with Crippen LogP contribution in [0.3, 0.4) is 0 Å². The highest BCUT2D eigenvalue weighted by Crippen LogP contribution is 2.20. The van der Waals surface area contributed by atoms with E-state index in [1.165, 1.54) is 0 Å². The molecule has 0 aromatic heterocycles. The number of carbonyl (C=O) groups excluding carboxylic acids is 2. The van der Waals surface area contributed by atoms with Crippen molar-refractivity contribution in [1.29, 1.82) is 0 Å². The number of hydrogen-bond acceptors (Lipinski definition) is 5. The maximum Gasteiger partial charge on any atom is 0.307 e. The Kier molecular flexibility index (Phi) is 10.5. The van der Waals surface area contributed by atoms with E-state index in [4.69, 9.17) is 14.2 Å². The van der Waals surface area contributed by atoms with Gasteiger partial charge >= 0.3 is 5.97 Å². The number of carbonyl (C=O) groups is 2. The first-order valence-corrected chi connectivity index (χ1v) is 9.59. The summed E-state index contributed by atoms with van der Waals surface area (Å²) >= 11 is 0. The average Bonchev–Trinajstić information content (AvgIpc) is 2.62. The van der Waals surface area contributed by atoms with E-state index in [1.807, 2.05) is 45.9 Å². The molecule has 0 saturated heterocycles. The number of aryl methyl sites for hydroxylation is 1. The molecule has 1 aromatic rings. The van der Waals surface area contributed by atoms with Crippen LogP contribution in [0.2, 0.25) is 0 Å². The third-order valence-corrected chi connectivity index (χ3v) is 4.17. The van der Waals surface area contributed by atoms with Crippen molar-refractivity contribution >= 4 is 11.9 Å². The van der Waals surface area contributed by atoms with Gasteiger partial charge in [0.2, 0.25) is 0 Å². The van der Waals surface area contributed by atoms with Gasteiger partial charge in [0.1, 0.15) is 5.75 Å². The van der Waals surface area contributed by atoms with Crippen molar-refractivity contribution in [2.24, 2.45) is 0 Å². The van der Waals surface area contributed by atoms with E-state index < -0.39 is 0 Å². The largest absolute Gasteiger partial charge is 0.483 e. The topological polar surface area (TPSA) is 65.1 Å². The lowest BCUT2D eigenvalue weighted by molar-refractivity contribution is -0.144. The monoisotopic (exact) mass is 379 g/mol. The number of hydrogen-bond donors (Lipinski definition) is 0. The van der Waals surface area contributed by atoms with E-state index >= 15 is 0 Å². The number of rotatable bonds is 12. The molecule has 1 rings (SSSR count). The van der Waals surface area contributed by atoms with E-state index in [9.17, 15) is 9.59 Å². The van der Waals surface area contributed by atoms with Crippen molar-refractivity contribution in [1.82, 2.24) is 4.90 Å². The molecule has 0 bridgehead atoms. The van der Waals surface area contributed by atoms with Gasteiger partial charge < -0.3 is 19.1 Å². The first-order chi connectivity index (χ1) is 12.8. The molecule has 0 heterocycles. The molecular weight excluding hydrogens is 346 g/mol. The van der Waals surface area contributed by atoms with Crippen LogP contribution in [0.4, 0.5) is 0 Å². The molecular formula is C21H33NO5. The maximum atomic E-state index is 12.6. The lowest BCUT2D eigenvalue weighted by Crippen LogP contribution is -2.38. The summed E-state index contributed by atoms with van der Waals surface area (Å²) in [5.74, 6) is 0.255. The molecule has 0 spiro atoms. The van der Waals surface area contributed by atoms with Gasteiger partial charge in [-0.25, -0.2) is 0 Å². The fourth-order valence-electron chi connectivity index (χ4n) is 2.51. The zero-order valence-corrected chi connectivity index (χ0v) is 17.2. The van der Waals surface area contributed by atoms with Crippen molar-refractivity contribution in [3.05, 3.63) is 29.3 Å². The fraction of sp³-hybridized carbons (Fsp3) is 0.619. The fourth-order valence-corrected chi connectivity index (χ4v) is 2.51. The van der Waals surface area contributed by atoms with Crippen LogP contribution in [0, 0.1) is 13.8 Å². The van der Waals surface area contributed by atoms with Gasteiger partial charge in [0.25, 0.3) is 5.91 Å². The summed E-state index contributed by atoms with van der Waals surface area (Å²) in [5, 5.41) is 0. The molecule has 0 aliphatic rings. The lowest BCUT2D eigenvalue weighted by Gasteiger charge is -2.23. The van der Waals surface area contributed by atoms with Crippen molar-refractivity contribution in [2.45, 2.75) is 53.6 Å². The number of nitrogens with zero attached hydrogens (tertiary/aromatic N) is 1. The highest BCUT2D eigenvalue weighted by atomic mass is 16.5. The van der Waals surface area contributed by atoms with Gasteiger partial charge in [-0.15, -0.1) is 0 Å². The molecule has 0 unspecified atom stereocenters. The summed E-state index contributed by atoms with van der Waals surface area (Å²) in [5.41, 5.74) is 2.14. The first-order valence-electron chi connectivity index (χ1n) is 9.59. The van der Waals surface area contributed by atoms with Crippen LogP contribution < -0.4 is 4.74 Å². The van der Waals surface area contributed by atoms with E-state index in [0.29, 0.717) is 38.5 Å². The number of benzene rings is 1. The SMILES string of the molecule is CCOC(=O)CCN(CCCOC(C)C)C(=O)COc1cccc(C)c1C. The minimum Gasteiger partial charge on any atom is -0.483 e. The van der Waals surface area contributed by atoms with Crippen LogP contribution in [0.5, 0.6) is 5.75 Å². The van der Waals surface area contributed by atoms with E-state index in [-0.39, 0.29) is 31.0 Å². The van der Waals surface area contributed by atoms with Gasteiger partial charge in [0.05, 0.1) is 19.1 Å². The van der Waals surface area contributed by atoms with Crippen LogP contribution in [0.25, 0.3) is 0 Å². The summed E-state index contributed by atoms with van der Waals surface area (Å²) in [6.45, 7) is 11.4. The van der Waals surface area contributed by atoms with Crippen LogP contribution in [-0.2, 0) is 19.1 Å². The lowest BCUT2D eigenvalue weighted by atomic mass is 10.1. The molecule has 0 N–H and O–H groups in total. The Morgan fingerprint density at radius 1 is 1.15 bits per heavy atom. The predicted octanol–water partition coefficient (Wildman–Crippen LogP) is 3.28. The van der Waals surface area contributed by atoms with Gasteiger partial charge in [-0.05, 0) is 58.2 Å². The second kappa shape index (κ2) is 12.3. The van der Waals surface area contributed by atoms with E-state index in [0.717, 1.165) is 11.1 Å². The van der Waals surface area contributed by atoms with E-state index in [1.54, 1.807) is 11.8 Å². The number of esters is 1. The standard InChI is InChI=1S/C21H33NO5/c1-6-25-21(24)11-13-22(12-8-14-26-16(2)3)20(23)15-27-19-10-7-9-17(4)18(19)5/h7,9-10,16H,6,8,11-15H2,1-5H3. The quantitative estimate of drug-likeness (QED) is 0.412. The molecule has 6 heteroatoms. The molecule has 0 atom stereocenters. The van der Waals surface area contributed by atoms with Crippen molar-refractivity contribution in [2.75, 3.05) is 32.9 Å². The van der Waals surface area contributed by atoms with Crippen molar-refractivity contribution in [3.63, 3.8) is 0 Å². The van der Waals surface area contributed by atoms with Gasteiger partial charge in [0.15, 0.2) is 6.61 Å². The molecule has 0 radical (unpaired) electrons. The summed E-state index contributed by atoms with van der Waals surface area (Å²) in [4.78, 5) is 25.9. The summed E-state index contributed by atoms with van der Waals surface area (Å²) in [6, 6.07) is 5.77. The Hall–Kier alpha value is -2.08. The molecule has 1 aromatic carbocycles. The zero-order valence-electron chi connectivity index (χ0n) is 17.2. The second-order valence-electron chi connectivity index (χ2n) is 6.70. The smallest absolute Gasteiger partial charge is 0.307 e. The van der Waals surface area contributed by atoms with E-state index in [2.05, 4.69) is 0 Å². The average molecular weight is 379 g/mol. The summed E-state index contributed by atoms with van der Waals surface area (Å²) in [6.07, 6.45) is 1.03. The van der Waals surface area contributed by atoms with Gasteiger partial charge in [-0.1, -0.05) is 12.1 Å². The molecule has 0 saturated carbocycles. The highest BCUT2D eigenvalue weighted by Gasteiger charge is 2.17. The molecule has 27 heavy (non-hydrogen) atoms. The maximum absolute atomic E-state index is 12.6. The Balaban J connectivity index is 2.61. The van der Waals surface area contributed by atoms with Crippen LogP contribution in [0.1, 0.15) is 44.7 Å². The number of amides is 1. The third-order valence-electron chi connectivity index (χ3n) is 4.17. The highest BCUT2D eigenvalue weighted by molar-refractivity contribution is 5.78.